The van der Waals surface area contributed by atoms with Crippen molar-refractivity contribution in [3.05, 3.63) is 53.1 Å². The first-order valence-corrected chi connectivity index (χ1v) is 12.2. The van der Waals surface area contributed by atoms with Crippen molar-refractivity contribution in [2.24, 2.45) is 0 Å². The molecule has 1 N–H and O–H groups in total. The van der Waals surface area contributed by atoms with Crippen molar-refractivity contribution in [2.75, 3.05) is 29.9 Å². The van der Waals surface area contributed by atoms with Crippen molar-refractivity contribution < 1.29 is 18.0 Å². The van der Waals surface area contributed by atoms with Gasteiger partial charge in [-0.2, -0.15) is 4.31 Å². The van der Waals surface area contributed by atoms with Crippen LogP contribution in [0.15, 0.2) is 47.4 Å². The van der Waals surface area contributed by atoms with Gasteiger partial charge in [0.2, 0.25) is 21.8 Å². The molecule has 164 valence electrons. The van der Waals surface area contributed by atoms with Gasteiger partial charge in [0, 0.05) is 35.9 Å². The number of nitrogens with zero attached hydrogens (tertiary/aromatic N) is 2. The average molecular weight is 462 g/mol. The summed E-state index contributed by atoms with van der Waals surface area (Å²) in [5, 5.41) is 3.33. The summed E-state index contributed by atoms with van der Waals surface area (Å²) in [7, 11) is -3.54. The molecule has 0 aliphatic carbocycles. The van der Waals surface area contributed by atoms with Crippen LogP contribution in [0.1, 0.15) is 31.2 Å². The Morgan fingerprint density at radius 1 is 1.00 bits per heavy atom. The molecule has 0 bridgehead atoms. The SMILES string of the molecule is O=C(CN1C(=O)CCCc2cc(S(=O)(=O)N3CCCC3)ccc21)Nc1ccc(Cl)cc1. The number of anilines is 2. The molecule has 1 saturated heterocycles. The van der Waals surface area contributed by atoms with Crippen LogP contribution in [0.3, 0.4) is 0 Å². The van der Waals surface area contributed by atoms with Gasteiger partial charge in [0.05, 0.1) is 4.90 Å². The third-order valence-electron chi connectivity index (χ3n) is 5.61. The summed E-state index contributed by atoms with van der Waals surface area (Å²) in [6.07, 6.45) is 3.23. The van der Waals surface area contributed by atoms with Crippen LogP contribution in [0.4, 0.5) is 11.4 Å². The number of amides is 2. The van der Waals surface area contributed by atoms with Crippen molar-refractivity contribution in [3.63, 3.8) is 0 Å². The fourth-order valence-corrected chi connectivity index (χ4v) is 5.71. The molecular formula is C22H24ClN3O4S. The minimum Gasteiger partial charge on any atom is -0.325 e. The molecule has 4 rings (SSSR count). The Morgan fingerprint density at radius 3 is 2.42 bits per heavy atom. The molecule has 0 atom stereocenters. The smallest absolute Gasteiger partial charge is 0.244 e. The van der Waals surface area contributed by atoms with E-state index in [0.717, 1.165) is 18.4 Å². The Morgan fingerprint density at radius 2 is 1.71 bits per heavy atom. The molecule has 0 aromatic heterocycles. The number of hydrogen-bond donors (Lipinski definition) is 1. The predicted molar refractivity (Wildman–Crippen MR) is 120 cm³/mol. The Hall–Kier alpha value is -2.42. The summed E-state index contributed by atoms with van der Waals surface area (Å²) in [5.41, 5.74) is 1.95. The molecule has 2 aliphatic heterocycles. The lowest BCUT2D eigenvalue weighted by Gasteiger charge is -2.23. The second kappa shape index (κ2) is 8.98. The van der Waals surface area contributed by atoms with Gasteiger partial charge < -0.3 is 10.2 Å². The maximum absolute atomic E-state index is 12.9. The van der Waals surface area contributed by atoms with Crippen LogP contribution in [-0.4, -0.2) is 44.2 Å². The Bertz CT molecular complexity index is 1100. The standard InChI is InChI=1S/C22H24ClN3O4S/c23-17-6-8-18(9-7-17)24-21(27)15-26-20-11-10-19(14-16(20)4-3-5-22(26)28)31(29,30)25-12-1-2-13-25/h6-11,14H,1-5,12-13,15H2,(H,24,27). The van der Waals surface area contributed by atoms with Crippen molar-refractivity contribution in [3.8, 4) is 0 Å². The van der Waals surface area contributed by atoms with Gasteiger partial charge >= 0.3 is 0 Å². The number of hydrogen-bond acceptors (Lipinski definition) is 4. The summed E-state index contributed by atoms with van der Waals surface area (Å²) in [6.45, 7) is 0.927. The van der Waals surface area contributed by atoms with Crippen LogP contribution in [-0.2, 0) is 26.0 Å². The van der Waals surface area contributed by atoms with Crippen LogP contribution >= 0.6 is 11.6 Å². The monoisotopic (exact) mass is 461 g/mol. The number of carbonyl (C=O) groups excluding carboxylic acids is 2. The lowest BCUT2D eigenvalue weighted by molar-refractivity contribution is -0.121. The van der Waals surface area contributed by atoms with Crippen molar-refractivity contribution in [2.45, 2.75) is 37.0 Å². The zero-order chi connectivity index (χ0) is 22.0. The fraction of sp³-hybridized carbons (Fsp3) is 0.364. The van der Waals surface area contributed by atoms with E-state index in [4.69, 9.17) is 11.6 Å². The van der Waals surface area contributed by atoms with Gasteiger partial charge in [-0.25, -0.2) is 8.42 Å². The van der Waals surface area contributed by atoms with Gasteiger partial charge in [0.1, 0.15) is 6.54 Å². The molecule has 0 saturated carbocycles. The van der Waals surface area contributed by atoms with Gasteiger partial charge in [-0.3, -0.25) is 9.59 Å². The van der Waals surface area contributed by atoms with E-state index in [1.54, 1.807) is 36.4 Å². The lowest BCUT2D eigenvalue weighted by Crippen LogP contribution is -2.37. The summed E-state index contributed by atoms with van der Waals surface area (Å²) < 4.78 is 27.4. The molecule has 2 aromatic rings. The summed E-state index contributed by atoms with van der Waals surface area (Å²) >= 11 is 5.87. The topological polar surface area (TPSA) is 86.8 Å². The minimum atomic E-state index is -3.54. The normalized spacial score (nSPS) is 17.3. The number of carbonyl (C=O) groups is 2. The van der Waals surface area contributed by atoms with Gasteiger partial charge in [-0.05, 0) is 73.7 Å². The van der Waals surface area contributed by atoms with Crippen LogP contribution < -0.4 is 10.2 Å². The fourth-order valence-electron chi connectivity index (χ4n) is 4.01. The van der Waals surface area contributed by atoms with Gasteiger partial charge in [0.25, 0.3) is 0 Å². The van der Waals surface area contributed by atoms with E-state index in [0.29, 0.717) is 48.7 Å². The second-order valence-electron chi connectivity index (χ2n) is 7.79. The predicted octanol–water partition coefficient (Wildman–Crippen LogP) is 3.43. The van der Waals surface area contributed by atoms with Crippen LogP contribution in [0.2, 0.25) is 5.02 Å². The first-order valence-electron chi connectivity index (χ1n) is 10.3. The minimum absolute atomic E-state index is 0.146. The van der Waals surface area contributed by atoms with E-state index in [-0.39, 0.29) is 23.3 Å². The lowest BCUT2D eigenvalue weighted by atomic mass is 10.1. The Kier molecular flexibility index (Phi) is 6.31. The highest BCUT2D eigenvalue weighted by Crippen LogP contribution is 2.31. The molecule has 0 radical (unpaired) electrons. The molecule has 2 heterocycles. The number of benzene rings is 2. The molecule has 0 unspecified atom stereocenters. The number of nitrogens with one attached hydrogen (secondary N) is 1. The van der Waals surface area contributed by atoms with Crippen LogP contribution in [0, 0.1) is 0 Å². The van der Waals surface area contributed by atoms with E-state index in [9.17, 15) is 18.0 Å². The Labute approximate surface area is 187 Å². The molecule has 2 aromatic carbocycles. The molecule has 2 amide bonds. The summed E-state index contributed by atoms with van der Waals surface area (Å²) in [6, 6.07) is 11.6. The molecule has 1 fully saturated rings. The van der Waals surface area contributed by atoms with Crippen LogP contribution in [0.25, 0.3) is 0 Å². The number of aryl methyl sites for hydroxylation is 1. The third-order valence-corrected chi connectivity index (χ3v) is 7.76. The molecule has 9 heteroatoms. The number of halogens is 1. The quantitative estimate of drug-likeness (QED) is 0.739. The Balaban J connectivity index is 1.57. The summed E-state index contributed by atoms with van der Waals surface area (Å²) in [4.78, 5) is 27.0. The zero-order valence-electron chi connectivity index (χ0n) is 17.0. The molecular weight excluding hydrogens is 438 g/mol. The molecule has 0 spiro atoms. The number of fused-ring (bicyclic) bond motifs is 1. The van der Waals surface area contributed by atoms with E-state index in [1.807, 2.05) is 0 Å². The third kappa shape index (κ3) is 4.76. The van der Waals surface area contributed by atoms with E-state index in [2.05, 4.69) is 5.32 Å². The highest BCUT2D eigenvalue weighted by Gasteiger charge is 2.30. The van der Waals surface area contributed by atoms with Crippen molar-refractivity contribution >= 4 is 44.8 Å². The van der Waals surface area contributed by atoms with E-state index < -0.39 is 10.0 Å². The highest BCUT2D eigenvalue weighted by atomic mass is 35.5. The van der Waals surface area contributed by atoms with Gasteiger partial charge in [-0.15, -0.1) is 0 Å². The molecule has 31 heavy (non-hydrogen) atoms. The number of rotatable bonds is 5. The van der Waals surface area contributed by atoms with Gasteiger partial charge in [-0.1, -0.05) is 11.6 Å². The zero-order valence-corrected chi connectivity index (χ0v) is 18.6. The first kappa shape index (κ1) is 21.8. The summed E-state index contributed by atoms with van der Waals surface area (Å²) in [5.74, 6) is -0.488. The number of sulfonamides is 1. The van der Waals surface area contributed by atoms with E-state index in [1.165, 1.54) is 15.3 Å². The highest BCUT2D eigenvalue weighted by molar-refractivity contribution is 7.89. The van der Waals surface area contributed by atoms with E-state index >= 15 is 0 Å². The maximum Gasteiger partial charge on any atom is 0.244 e. The second-order valence-corrected chi connectivity index (χ2v) is 10.2. The molecule has 2 aliphatic rings. The molecule has 7 nitrogen and oxygen atoms in total. The first-order chi connectivity index (χ1) is 14.8. The average Bonchev–Trinajstić information content (AvgIpc) is 3.25. The van der Waals surface area contributed by atoms with Crippen LogP contribution in [0.5, 0.6) is 0 Å². The maximum atomic E-state index is 12.9. The van der Waals surface area contributed by atoms with Crippen molar-refractivity contribution in [1.82, 2.24) is 4.31 Å². The van der Waals surface area contributed by atoms with Gasteiger partial charge in [0.15, 0.2) is 0 Å². The van der Waals surface area contributed by atoms with Crippen molar-refractivity contribution in [1.29, 1.82) is 0 Å². The largest absolute Gasteiger partial charge is 0.325 e.